The number of anilines is 2. The van der Waals surface area contributed by atoms with Crippen molar-refractivity contribution >= 4 is 23.2 Å². The van der Waals surface area contributed by atoms with E-state index in [1.165, 1.54) is 12.8 Å². The Hall–Kier alpha value is -2.30. The van der Waals surface area contributed by atoms with Crippen molar-refractivity contribution in [1.82, 2.24) is 4.90 Å². The summed E-state index contributed by atoms with van der Waals surface area (Å²) >= 11 is 0. The molecule has 1 aliphatic carbocycles. The molecule has 1 saturated carbocycles. The first-order valence-electron chi connectivity index (χ1n) is 8.17. The van der Waals surface area contributed by atoms with Crippen LogP contribution in [-0.4, -0.2) is 42.9 Å². The molecule has 1 fully saturated rings. The number of hydrogen-bond donors (Lipinski definition) is 1. The van der Waals surface area contributed by atoms with E-state index in [1.54, 1.807) is 12.1 Å². The molecule has 3 rings (SSSR count). The summed E-state index contributed by atoms with van der Waals surface area (Å²) in [5.41, 5.74) is 2.27. The van der Waals surface area contributed by atoms with Gasteiger partial charge in [-0.05, 0) is 31.0 Å². The minimum absolute atomic E-state index is 0.0158. The van der Waals surface area contributed by atoms with Crippen LogP contribution in [0.1, 0.15) is 36.0 Å². The van der Waals surface area contributed by atoms with Gasteiger partial charge in [-0.3, -0.25) is 9.59 Å². The van der Waals surface area contributed by atoms with Crippen molar-refractivity contribution in [3.8, 4) is 0 Å². The van der Waals surface area contributed by atoms with Gasteiger partial charge in [0.1, 0.15) is 0 Å². The first-order valence-corrected chi connectivity index (χ1v) is 8.17. The number of benzene rings is 1. The zero-order valence-corrected chi connectivity index (χ0v) is 13.5. The first-order chi connectivity index (χ1) is 11.1. The molecule has 2 amide bonds. The standard InChI is InChI=1S/C18H23N3O2/c1-3-10-21(14-6-4-5-7-14)18(23)13-8-9-16-15(11-13)19-17(22)12-20(16)2/h3,8-9,11,14H,1,4-7,10,12H2,2H3,(H,19,22). The van der Waals surface area contributed by atoms with E-state index in [4.69, 9.17) is 0 Å². The van der Waals surface area contributed by atoms with Crippen LogP contribution in [-0.2, 0) is 4.79 Å². The molecule has 1 heterocycles. The number of likely N-dealkylation sites (N-methyl/N-ethyl adjacent to an activating group) is 1. The Kier molecular flexibility index (Phi) is 4.37. The quantitative estimate of drug-likeness (QED) is 0.870. The van der Waals surface area contributed by atoms with Gasteiger partial charge in [0.2, 0.25) is 5.91 Å². The van der Waals surface area contributed by atoms with Gasteiger partial charge in [0, 0.05) is 25.2 Å². The summed E-state index contributed by atoms with van der Waals surface area (Å²) in [6.07, 6.45) is 6.26. The largest absolute Gasteiger partial charge is 0.364 e. The Morgan fingerprint density at radius 2 is 2.17 bits per heavy atom. The maximum Gasteiger partial charge on any atom is 0.254 e. The van der Waals surface area contributed by atoms with Crippen LogP contribution >= 0.6 is 0 Å². The molecule has 0 aromatic heterocycles. The lowest BCUT2D eigenvalue weighted by atomic mass is 10.1. The van der Waals surface area contributed by atoms with Crippen molar-refractivity contribution in [2.24, 2.45) is 0 Å². The van der Waals surface area contributed by atoms with Gasteiger partial charge < -0.3 is 15.1 Å². The molecular formula is C18H23N3O2. The van der Waals surface area contributed by atoms with Gasteiger partial charge in [0.15, 0.2) is 0 Å². The smallest absolute Gasteiger partial charge is 0.254 e. The van der Waals surface area contributed by atoms with E-state index in [-0.39, 0.29) is 11.8 Å². The van der Waals surface area contributed by atoms with E-state index < -0.39 is 0 Å². The number of carbonyl (C=O) groups is 2. The molecule has 1 N–H and O–H groups in total. The molecule has 23 heavy (non-hydrogen) atoms. The predicted octanol–water partition coefficient (Wildman–Crippen LogP) is 2.65. The van der Waals surface area contributed by atoms with Gasteiger partial charge in [-0.2, -0.15) is 0 Å². The third-order valence-electron chi connectivity index (χ3n) is 4.66. The molecule has 0 bridgehead atoms. The van der Waals surface area contributed by atoms with Crippen molar-refractivity contribution < 1.29 is 9.59 Å². The first kappa shape index (κ1) is 15.6. The van der Waals surface area contributed by atoms with E-state index in [0.29, 0.717) is 30.4 Å². The number of amides is 2. The van der Waals surface area contributed by atoms with E-state index in [9.17, 15) is 9.59 Å². The van der Waals surface area contributed by atoms with E-state index in [0.717, 1.165) is 18.5 Å². The fourth-order valence-corrected chi connectivity index (χ4v) is 3.51. The number of hydrogen-bond acceptors (Lipinski definition) is 3. The molecule has 1 aliphatic heterocycles. The van der Waals surface area contributed by atoms with Crippen LogP contribution in [0, 0.1) is 0 Å². The van der Waals surface area contributed by atoms with Crippen molar-refractivity contribution in [2.45, 2.75) is 31.7 Å². The lowest BCUT2D eigenvalue weighted by Gasteiger charge is -2.30. The van der Waals surface area contributed by atoms with Crippen LogP contribution in [0.25, 0.3) is 0 Å². The third-order valence-corrected chi connectivity index (χ3v) is 4.66. The Labute approximate surface area is 137 Å². The molecule has 122 valence electrons. The maximum absolute atomic E-state index is 12.9. The molecule has 0 radical (unpaired) electrons. The van der Waals surface area contributed by atoms with Crippen LogP contribution in [0.4, 0.5) is 11.4 Å². The van der Waals surface area contributed by atoms with E-state index in [1.807, 2.05) is 29.0 Å². The number of rotatable bonds is 4. The molecule has 0 atom stereocenters. The van der Waals surface area contributed by atoms with Gasteiger partial charge in [0.05, 0.1) is 17.9 Å². The lowest BCUT2D eigenvalue weighted by Crippen LogP contribution is -2.39. The summed E-state index contributed by atoms with van der Waals surface area (Å²) in [5, 5.41) is 2.85. The Bertz CT molecular complexity index is 635. The minimum Gasteiger partial charge on any atom is -0.364 e. The molecule has 1 aromatic carbocycles. The second-order valence-corrected chi connectivity index (χ2v) is 6.32. The van der Waals surface area contributed by atoms with Gasteiger partial charge in [0.25, 0.3) is 5.91 Å². The molecular weight excluding hydrogens is 290 g/mol. The molecule has 5 heteroatoms. The highest BCUT2D eigenvalue weighted by atomic mass is 16.2. The second-order valence-electron chi connectivity index (χ2n) is 6.32. The molecule has 1 aromatic rings. The predicted molar refractivity (Wildman–Crippen MR) is 91.8 cm³/mol. The SMILES string of the molecule is C=CCN(C(=O)c1ccc2c(c1)NC(=O)CN2C)C1CCCC1. The number of nitrogens with zero attached hydrogens (tertiary/aromatic N) is 2. The van der Waals surface area contributed by atoms with Gasteiger partial charge >= 0.3 is 0 Å². The van der Waals surface area contributed by atoms with Crippen LogP contribution < -0.4 is 10.2 Å². The van der Waals surface area contributed by atoms with Gasteiger partial charge in [-0.1, -0.05) is 18.9 Å². The Balaban J connectivity index is 1.87. The summed E-state index contributed by atoms with van der Waals surface area (Å²) in [5.74, 6) is -0.0367. The molecule has 5 nitrogen and oxygen atoms in total. The number of nitrogens with one attached hydrogen (secondary N) is 1. The van der Waals surface area contributed by atoms with Crippen molar-refractivity contribution in [1.29, 1.82) is 0 Å². The fraction of sp³-hybridized carbons (Fsp3) is 0.444. The van der Waals surface area contributed by atoms with Crippen LogP contribution in [0.2, 0.25) is 0 Å². The van der Waals surface area contributed by atoms with Crippen LogP contribution in [0.3, 0.4) is 0 Å². The second kappa shape index (κ2) is 6.44. The zero-order chi connectivity index (χ0) is 16.4. The lowest BCUT2D eigenvalue weighted by molar-refractivity contribution is -0.115. The van der Waals surface area contributed by atoms with Gasteiger partial charge in [-0.25, -0.2) is 0 Å². The van der Waals surface area contributed by atoms with Crippen LogP contribution in [0.5, 0.6) is 0 Å². The minimum atomic E-state index is -0.0525. The summed E-state index contributed by atoms with van der Waals surface area (Å²) < 4.78 is 0. The molecule has 0 saturated heterocycles. The highest BCUT2D eigenvalue weighted by Crippen LogP contribution is 2.31. The maximum atomic E-state index is 12.9. The third kappa shape index (κ3) is 3.09. The highest BCUT2D eigenvalue weighted by molar-refractivity contribution is 6.04. The highest BCUT2D eigenvalue weighted by Gasteiger charge is 2.28. The Morgan fingerprint density at radius 1 is 1.43 bits per heavy atom. The van der Waals surface area contributed by atoms with Crippen LogP contribution in [0.15, 0.2) is 30.9 Å². The fourth-order valence-electron chi connectivity index (χ4n) is 3.51. The topological polar surface area (TPSA) is 52.7 Å². The molecule has 0 spiro atoms. The summed E-state index contributed by atoms with van der Waals surface area (Å²) in [6.45, 7) is 4.68. The summed E-state index contributed by atoms with van der Waals surface area (Å²) in [6, 6.07) is 5.84. The monoisotopic (exact) mass is 313 g/mol. The van der Waals surface area contributed by atoms with Crippen molar-refractivity contribution in [2.75, 3.05) is 30.4 Å². The normalized spacial score (nSPS) is 17.6. The zero-order valence-electron chi connectivity index (χ0n) is 13.5. The summed E-state index contributed by atoms with van der Waals surface area (Å²) in [4.78, 5) is 28.4. The average molecular weight is 313 g/mol. The molecule has 0 unspecified atom stereocenters. The van der Waals surface area contributed by atoms with E-state index in [2.05, 4.69) is 11.9 Å². The Morgan fingerprint density at radius 3 is 2.87 bits per heavy atom. The molecule has 2 aliphatic rings. The van der Waals surface area contributed by atoms with E-state index >= 15 is 0 Å². The van der Waals surface area contributed by atoms with Gasteiger partial charge in [-0.15, -0.1) is 6.58 Å². The van der Waals surface area contributed by atoms with Crippen molar-refractivity contribution in [3.05, 3.63) is 36.4 Å². The number of fused-ring (bicyclic) bond motifs is 1. The average Bonchev–Trinajstić information content (AvgIpc) is 3.05. The summed E-state index contributed by atoms with van der Waals surface area (Å²) in [7, 11) is 1.88. The van der Waals surface area contributed by atoms with Crippen molar-refractivity contribution in [3.63, 3.8) is 0 Å². The number of carbonyl (C=O) groups excluding carboxylic acids is 2.